The molecule has 0 bridgehead atoms. The van der Waals surface area contributed by atoms with Crippen molar-refractivity contribution in [1.29, 1.82) is 0 Å². The van der Waals surface area contributed by atoms with Gasteiger partial charge in [-0.2, -0.15) is 0 Å². The molecule has 2 N–H and O–H groups in total. The molecule has 1 aromatic carbocycles. The number of halogens is 2. The number of rotatable bonds is 3. The Morgan fingerprint density at radius 2 is 2.00 bits per heavy atom. The molecule has 96 valence electrons. The molecule has 2 rings (SSSR count). The number of imidazole rings is 1. The zero-order valence-corrected chi connectivity index (χ0v) is 10.3. The van der Waals surface area contributed by atoms with Crippen LogP contribution in [-0.2, 0) is 6.54 Å². The van der Waals surface area contributed by atoms with E-state index in [9.17, 15) is 8.78 Å². The molecule has 1 aromatic heterocycles. The predicted molar refractivity (Wildman–Crippen MR) is 65.0 cm³/mol. The van der Waals surface area contributed by atoms with Crippen LogP contribution in [0.5, 0.6) is 0 Å². The molecule has 5 heteroatoms. The predicted octanol–water partition coefficient (Wildman–Crippen LogP) is 2.48. The van der Waals surface area contributed by atoms with Crippen molar-refractivity contribution in [3.05, 3.63) is 53.1 Å². The Morgan fingerprint density at radius 1 is 1.28 bits per heavy atom. The van der Waals surface area contributed by atoms with Crippen molar-refractivity contribution in [3.8, 4) is 0 Å². The van der Waals surface area contributed by atoms with E-state index >= 15 is 0 Å². The van der Waals surface area contributed by atoms with Crippen LogP contribution in [0.3, 0.4) is 0 Å². The number of benzene rings is 1. The SMILES string of the molecule is Cc1ncn(CC(N)c2ccc(F)c(F)c2)c1C. The summed E-state index contributed by atoms with van der Waals surface area (Å²) in [6, 6.07) is 3.34. The first-order valence-electron chi connectivity index (χ1n) is 5.68. The van der Waals surface area contributed by atoms with Gasteiger partial charge in [0.2, 0.25) is 0 Å². The maximum absolute atomic E-state index is 13.1. The average molecular weight is 251 g/mol. The highest BCUT2D eigenvalue weighted by molar-refractivity contribution is 5.21. The van der Waals surface area contributed by atoms with Crippen LogP contribution < -0.4 is 5.73 Å². The molecule has 2 aromatic rings. The van der Waals surface area contributed by atoms with Gasteiger partial charge < -0.3 is 10.3 Å². The first-order chi connectivity index (χ1) is 8.49. The van der Waals surface area contributed by atoms with Crippen LogP contribution in [-0.4, -0.2) is 9.55 Å². The lowest BCUT2D eigenvalue weighted by molar-refractivity contribution is 0.500. The van der Waals surface area contributed by atoms with Gasteiger partial charge in [-0.05, 0) is 31.5 Å². The van der Waals surface area contributed by atoms with Crippen LogP contribution in [0.4, 0.5) is 8.78 Å². The molecule has 3 nitrogen and oxygen atoms in total. The smallest absolute Gasteiger partial charge is 0.159 e. The van der Waals surface area contributed by atoms with Crippen LogP contribution in [0.1, 0.15) is 23.0 Å². The Labute approximate surface area is 104 Å². The van der Waals surface area contributed by atoms with E-state index in [4.69, 9.17) is 5.73 Å². The van der Waals surface area contributed by atoms with Crippen LogP contribution >= 0.6 is 0 Å². The second-order valence-corrected chi connectivity index (χ2v) is 4.35. The van der Waals surface area contributed by atoms with E-state index in [1.165, 1.54) is 6.07 Å². The van der Waals surface area contributed by atoms with Gasteiger partial charge in [0.05, 0.1) is 12.0 Å². The second-order valence-electron chi connectivity index (χ2n) is 4.35. The zero-order valence-electron chi connectivity index (χ0n) is 10.3. The van der Waals surface area contributed by atoms with Crippen molar-refractivity contribution in [2.75, 3.05) is 0 Å². The van der Waals surface area contributed by atoms with Gasteiger partial charge in [0.15, 0.2) is 11.6 Å². The molecule has 0 aliphatic rings. The van der Waals surface area contributed by atoms with Gasteiger partial charge in [0, 0.05) is 18.3 Å². The van der Waals surface area contributed by atoms with Crippen molar-refractivity contribution in [3.63, 3.8) is 0 Å². The fourth-order valence-corrected chi connectivity index (χ4v) is 1.79. The Hall–Kier alpha value is -1.75. The molecule has 0 fully saturated rings. The standard InChI is InChI=1S/C13H15F2N3/c1-8-9(2)18(7-17-8)6-13(16)10-3-4-11(14)12(15)5-10/h3-5,7,13H,6,16H2,1-2H3. The van der Waals surface area contributed by atoms with Crippen LogP contribution in [0.15, 0.2) is 24.5 Å². The number of hydrogen-bond donors (Lipinski definition) is 1. The van der Waals surface area contributed by atoms with Gasteiger partial charge in [0.1, 0.15) is 0 Å². The minimum atomic E-state index is -0.874. The fraction of sp³-hybridized carbons (Fsp3) is 0.308. The zero-order chi connectivity index (χ0) is 13.3. The average Bonchev–Trinajstić information content (AvgIpc) is 2.64. The summed E-state index contributed by atoms with van der Waals surface area (Å²) in [5.41, 5.74) is 8.51. The topological polar surface area (TPSA) is 43.8 Å². The second kappa shape index (κ2) is 4.86. The molecular formula is C13H15F2N3. The van der Waals surface area contributed by atoms with Gasteiger partial charge in [-0.1, -0.05) is 6.07 Å². The fourth-order valence-electron chi connectivity index (χ4n) is 1.79. The van der Waals surface area contributed by atoms with E-state index in [2.05, 4.69) is 4.98 Å². The lowest BCUT2D eigenvalue weighted by Crippen LogP contribution is -2.18. The quantitative estimate of drug-likeness (QED) is 0.910. The number of nitrogens with zero attached hydrogens (tertiary/aromatic N) is 2. The maximum Gasteiger partial charge on any atom is 0.159 e. The molecule has 1 atom stereocenters. The summed E-state index contributed by atoms with van der Waals surface area (Å²) in [7, 11) is 0. The maximum atomic E-state index is 13.1. The number of aryl methyl sites for hydroxylation is 1. The van der Waals surface area contributed by atoms with E-state index in [0.717, 1.165) is 23.5 Å². The summed E-state index contributed by atoms with van der Waals surface area (Å²) in [5.74, 6) is -1.73. The van der Waals surface area contributed by atoms with Crippen molar-refractivity contribution in [1.82, 2.24) is 9.55 Å². The summed E-state index contributed by atoms with van der Waals surface area (Å²) < 4.78 is 27.8. The van der Waals surface area contributed by atoms with Gasteiger partial charge >= 0.3 is 0 Å². The van der Waals surface area contributed by atoms with E-state index < -0.39 is 17.7 Å². The summed E-state index contributed by atoms with van der Waals surface area (Å²) in [4.78, 5) is 4.17. The Kier molecular flexibility index (Phi) is 3.43. The van der Waals surface area contributed by atoms with Crippen LogP contribution in [0.25, 0.3) is 0 Å². The van der Waals surface area contributed by atoms with Crippen molar-refractivity contribution < 1.29 is 8.78 Å². The van der Waals surface area contributed by atoms with E-state index in [1.807, 2.05) is 18.4 Å². The molecule has 0 radical (unpaired) electrons. The van der Waals surface area contributed by atoms with Crippen molar-refractivity contribution in [2.24, 2.45) is 5.73 Å². The largest absolute Gasteiger partial charge is 0.333 e. The highest BCUT2D eigenvalue weighted by atomic mass is 19.2. The minimum Gasteiger partial charge on any atom is -0.333 e. The summed E-state index contributed by atoms with van der Waals surface area (Å²) in [6.07, 6.45) is 1.70. The number of aromatic nitrogens is 2. The normalized spacial score (nSPS) is 12.7. The molecule has 1 unspecified atom stereocenters. The molecule has 0 saturated carbocycles. The first kappa shape index (κ1) is 12.7. The Morgan fingerprint density at radius 3 is 2.56 bits per heavy atom. The molecule has 18 heavy (non-hydrogen) atoms. The third-order valence-corrected chi connectivity index (χ3v) is 3.11. The summed E-state index contributed by atoms with van der Waals surface area (Å²) in [5, 5.41) is 0. The van der Waals surface area contributed by atoms with E-state index in [1.54, 1.807) is 6.33 Å². The molecule has 0 aliphatic carbocycles. The lowest BCUT2D eigenvalue weighted by Gasteiger charge is -2.14. The molecule has 1 heterocycles. The monoisotopic (exact) mass is 251 g/mol. The van der Waals surface area contributed by atoms with Crippen molar-refractivity contribution >= 4 is 0 Å². The van der Waals surface area contributed by atoms with E-state index in [0.29, 0.717) is 12.1 Å². The molecule has 0 spiro atoms. The molecule has 0 saturated heterocycles. The van der Waals surface area contributed by atoms with Crippen LogP contribution in [0, 0.1) is 25.5 Å². The van der Waals surface area contributed by atoms with E-state index in [-0.39, 0.29) is 0 Å². The third-order valence-electron chi connectivity index (χ3n) is 3.11. The minimum absolute atomic E-state index is 0.396. The third kappa shape index (κ3) is 2.41. The first-order valence-corrected chi connectivity index (χ1v) is 5.68. The summed E-state index contributed by atoms with van der Waals surface area (Å²) in [6.45, 7) is 4.34. The highest BCUT2D eigenvalue weighted by Crippen LogP contribution is 2.17. The molecule has 0 amide bonds. The van der Waals surface area contributed by atoms with Gasteiger partial charge in [-0.15, -0.1) is 0 Å². The summed E-state index contributed by atoms with van der Waals surface area (Å²) >= 11 is 0. The molecule has 0 aliphatic heterocycles. The Balaban J connectivity index is 2.19. The highest BCUT2D eigenvalue weighted by Gasteiger charge is 2.12. The van der Waals surface area contributed by atoms with Gasteiger partial charge in [-0.3, -0.25) is 0 Å². The Bertz CT molecular complexity index is 563. The lowest BCUT2D eigenvalue weighted by atomic mass is 10.1. The number of hydrogen-bond acceptors (Lipinski definition) is 2. The van der Waals surface area contributed by atoms with Crippen LogP contribution in [0.2, 0.25) is 0 Å². The molecular weight excluding hydrogens is 236 g/mol. The number of nitrogens with two attached hydrogens (primary N) is 1. The van der Waals surface area contributed by atoms with Gasteiger partial charge in [0.25, 0.3) is 0 Å². The van der Waals surface area contributed by atoms with Crippen molar-refractivity contribution in [2.45, 2.75) is 26.4 Å². The van der Waals surface area contributed by atoms with Gasteiger partial charge in [-0.25, -0.2) is 13.8 Å².